The van der Waals surface area contributed by atoms with Crippen LogP contribution in [0.3, 0.4) is 0 Å². The first-order valence-electron chi connectivity index (χ1n) is 6.34. The Bertz CT molecular complexity index is 610. The Labute approximate surface area is 124 Å². The summed E-state index contributed by atoms with van der Waals surface area (Å²) in [5.41, 5.74) is -0.0441. The fourth-order valence-electron chi connectivity index (χ4n) is 1.73. The molecule has 21 heavy (non-hydrogen) atoms. The number of hydrogen-bond acceptors (Lipinski definition) is 4. The lowest BCUT2D eigenvalue weighted by Crippen LogP contribution is -2.14. The highest BCUT2D eigenvalue weighted by molar-refractivity contribution is 7.99. The van der Waals surface area contributed by atoms with Crippen LogP contribution in [0.2, 0.25) is 0 Å². The zero-order chi connectivity index (χ0) is 15.5. The molecule has 0 saturated carbocycles. The lowest BCUT2D eigenvalue weighted by atomic mass is 10.1. The summed E-state index contributed by atoms with van der Waals surface area (Å²) in [4.78, 5) is 0.124. The van der Waals surface area contributed by atoms with Gasteiger partial charge in [0.1, 0.15) is 6.33 Å². The fourth-order valence-corrected chi connectivity index (χ4v) is 2.63. The van der Waals surface area contributed by atoms with Gasteiger partial charge in [-0.1, -0.05) is 13.0 Å². The van der Waals surface area contributed by atoms with Crippen LogP contribution in [-0.4, -0.2) is 21.3 Å². The van der Waals surface area contributed by atoms with Crippen LogP contribution >= 0.6 is 11.8 Å². The van der Waals surface area contributed by atoms with E-state index in [-0.39, 0.29) is 4.90 Å². The molecule has 8 heteroatoms. The maximum atomic E-state index is 13.2. The summed E-state index contributed by atoms with van der Waals surface area (Å²) >= 11 is 0.956. The number of hydrogen-bond donors (Lipinski definition) is 1. The Balaban J connectivity index is 2.33. The summed E-state index contributed by atoms with van der Waals surface area (Å²) in [6.07, 6.45) is -2.95. The Hall–Kier alpha value is -1.54. The van der Waals surface area contributed by atoms with Crippen molar-refractivity contribution in [2.24, 2.45) is 7.05 Å². The molecule has 0 amide bonds. The van der Waals surface area contributed by atoms with Crippen molar-refractivity contribution in [3.63, 3.8) is 0 Å². The van der Waals surface area contributed by atoms with Crippen LogP contribution in [0.15, 0.2) is 34.6 Å². The second-order valence-corrected chi connectivity index (χ2v) is 5.44. The van der Waals surface area contributed by atoms with E-state index in [0.29, 0.717) is 23.8 Å². The number of aryl methyl sites for hydroxylation is 1. The quantitative estimate of drug-likeness (QED) is 0.920. The van der Waals surface area contributed by atoms with Crippen LogP contribution in [-0.2, 0) is 19.8 Å². The first-order chi connectivity index (χ1) is 9.91. The molecule has 0 radical (unpaired) electrons. The first-order valence-corrected chi connectivity index (χ1v) is 7.16. The molecular formula is C13H15F3N4S. The Morgan fingerprint density at radius 2 is 2.10 bits per heavy atom. The lowest BCUT2D eigenvalue weighted by molar-refractivity contribution is -0.139. The van der Waals surface area contributed by atoms with Crippen molar-refractivity contribution < 1.29 is 13.2 Å². The number of aromatic nitrogens is 3. The summed E-state index contributed by atoms with van der Waals surface area (Å²) in [6.45, 7) is 3.02. The summed E-state index contributed by atoms with van der Waals surface area (Å²) in [6, 6.07) is 4.35. The monoisotopic (exact) mass is 316 g/mol. The van der Waals surface area contributed by atoms with Crippen LogP contribution in [0, 0.1) is 0 Å². The molecule has 0 aliphatic heterocycles. The molecule has 2 aromatic rings. The normalized spacial score (nSPS) is 11.9. The molecule has 1 aromatic carbocycles. The summed E-state index contributed by atoms with van der Waals surface area (Å²) in [5, 5.41) is 10.9. The second-order valence-electron chi connectivity index (χ2n) is 4.44. The third-order valence-corrected chi connectivity index (χ3v) is 3.93. The van der Waals surface area contributed by atoms with Gasteiger partial charge in [0, 0.05) is 18.5 Å². The average Bonchev–Trinajstić information content (AvgIpc) is 2.82. The number of halogens is 3. The Kier molecular flexibility index (Phi) is 4.89. The van der Waals surface area contributed by atoms with E-state index in [1.54, 1.807) is 17.7 Å². The van der Waals surface area contributed by atoms with Crippen molar-refractivity contribution in [3.8, 4) is 0 Å². The molecule has 0 unspecified atom stereocenters. The molecule has 0 spiro atoms. The smallest absolute Gasteiger partial charge is 0.313 e. The van der Waals surface area contributed by atoms with E-state index >= 15 is 0 Å². The predicted molar refractivity (Wildman–Crippen MR) is 74.0 cm³/mol. The molecule has 0 atom stereocenters. The van der Waals surface area contributed by atoms with Crippen molar-refractivity contribution in [1.29, 1.82) is 0 Å². The lowest BCUT2D eigenvalue weighted by Gasteiger charge is -2.14. The largest absolute Gasteiger partial charge is 0.417 e. The maximum absolute atomic E-state index is 13.2. The van der Waals surface area contributed by atoms with Gasteiger partial charge in [-0.15, -0.1) is 10.2 Å². The second kappa shape index (κ2) is 6.48. The molecule has 4 nitrogen and oxygen atoms in total. The van der Waals surface area contributed by atoms with Gasteiger partial charge in [0.15, 0.2) is 5.16 Å². The van der Waals surface area contributed by atoms with Gasteiger partial charge in [-0.25, -0.2) is 0 Å². The molecule has 2 rings (SSSR count). The van der Waals surface area contributed by atoms with Gasteiger partial charge in [0.25, 0.3) is 0 Å². The van der Waals surface area contributed by atoms with Gasteiger partial charge in [0.2, 0.25) is 0 Å². The van der Waals surface area contributed by atoms with Gasteiger partial charge in [-0.2, -0.15) is 13.2 Å². The zero-order valence-electron chi connectivity index (χ0n) is 11.6. The number of alkyl halides is 3. The average molecular weight is 316 g/mol. The SMILES string of the molecule is CCNCc1ccc(Sc2nncn2C)c(C(F)(F)F)c1. The van der Waals surface area contributed by atoms with E-state index < -0.39 is 11.7 Å². The number of rotatable bonds is 5. The van der Waals surface area contributed by atoms with Crippen LogP contribution in [0.4, 0.5) is 13.2 Å². The highest BCUT2D eigenvalue weighted by atomic mass is 32.2. The minimum Gasteiger partial charge on any atom is -0.313 e. The van der Waals surface area contributed by atoms with Gasteiger partial charge < -0.3 is 9.88 Å². The maximum Gasteiger partial charge on any atom is 0.417 e. The fraction of sp³-hybridized carbons (Fsp3) is 0.385. The van der Waals surface area contributed by atoms with E-state index in [4.69, 9.17) is 0 Å². The molecule has 0 aliphatic rings. The standard InChI is InChI=1S/C13H15F3N4S/c1-3-17-7-9-4-5-11(10(6-9)13(14,15)16)21-12-19-18-8-20(12)2/h4-6,8,17H,3,7H2,1-2H3. The molecular weight excluding hydrogens is 301 g/mol. The molecule has 1 heterocycles. The highest BCUT2D eigenvalue weighted by Crippen LogP contribution is 2.39. The van der Waals surface area contributed by atoms with E-state index in [9.17, 15) is 13.2 Å². The third kappa shape index (κ3) is 3.98. The number of nitrogens with zero attached hydrogens (tertiary/aromatic N) is 3. The van der Waals surface area contributed by atoms with E-state index in [0.717, 1.165) is 11.8 Å². The van der Waals surface area contributed by atoms with Crippen molar-refractivity contribution in [3.05, 3.63) is 35.7 Å². The van der Waals surface area contributed by atoms with Gasteiger partial charge in [-0.3, -0.25) is 0 Å². The van der Waals surface area contributed by atoms with Gasteiger partial charge in [-0.05, 0) is 36.0 Å². The molecule has 1 aromatic heterocycles. The topological polar surface area (TPSA) is 42.7 Å². The minimum absolute atomic E-state index is 0.124. The van der Waals surface area contributed by atoms with Gasteiger partial charge >= 0.3 is 6.18 Å². The van der Waals surface area contributed by atoms with E-state index in [2.05, 4.69) is 15.5 Å². The van der Waals surface area contributed by atoms with Crippen molar-refractivity contribution in [2.75, 3.05) is 6.54 Å². The van der Waals surface area contributed by atoms with Crippen LogP contribution in [0.1, 0.15) is 18.1 Å². The highest BCUT2D eigenvalue weighted by Gasteiger charge is 2.34. The predicted octanol–water partition coefficient (Wildman–Crippen LogP) is 3.09. The van der Waals surface area contributed by atoms with E-state index in [1.165, 1.54) is 18.5 Å². The van der Waals surface area contributed by atoms with Gasteiger partial charge in [0.05, 0.1) is 5.56 Å². The molecule has 114 valence electrons. The minimum atomic E-state index is -4.40. The molecule has 0 bridgehead atoms. The van der Waals surface area contributed by atoms with Crippen LogP contribution < -0.4 is 5.32 Å². The van der Waals surface area contributed by atoms with Crippen LogP contribution in [0.25, 0.3) is 0 Å². The third-order valence-electron chi connectivity index (χ3n) is 2.80. The van der Waals surface area contributed by atoms with Crippen molar-refractivity contribution in [1.82, 2.24) is 20.1 Å². The molecule has 0 fully saturated rings. The summed E-state index contributed by atoms with van der Waals surface area (Å²) < 4.78 is 41.2. The number of nitrogens with one attached hydrogen (secondary N) is 1. The molecule has 1 N–H and O–H groups in total. The molecule has 0 aliphatic carbocycles. The van der Waals surface area contributed by atoms with E-state index in [1.807, 2.05) is 6.92 Å². The summed E-state index contributed by atoms with van der Waals surface area (Å²) in [7, 11) is 1.69. The first kappa shape index (κ1) is 15.8. The van der Waals surface area contributed by atoms with Crippen LogP contribution in [0.5, 0.6) is 0 Å². The summed E-state index contributed by atoms with van der Waals surface area (Å²) in [5.74, 6) is 0. The van der Waals surface area contributed by atoms with Crippen molar-refractivity contribution in [2.45, 2.75) is 29.7 Å². The zero-order valence-corrected chi connectivity index (χ0v) is 12.4. The number of benzene rings is 1. The Morgan fingerprint density at radius 3 is 2.67 bits per heavy atom. The molecule has 0 saturated heterocycles. The Morgan fingerprint density at radius 1 is 1.33 bits per heavy atom. The van der Waals surface area contributed by atoms with Crippen molar-refractivity contribution >= 4 is 11.8 Å².